The molecule has 1 heterocycles. The van der Waals surface area contributed by atoms with Crippen molar-refractivity contribution in [3.05, 3.63) is 107 Å². The van der Waals surface area contributed by atoms with Gasteiger partial charge in [-0.05, 0) is 48.5 Å². The van der Waals surface area contributed by atoms with Gasteiger partial charge >= 0.3 is 0 Å². The van der Waals surface area contributed by atoms with Crippen molar-refractivity contribution in [1.82, 2.24) is 15.1 Å². The predicted molar refractivity (Wildman–Crippen MR) is 112 cm³/mol. The zero-order valence-corrected chi connectivity index (χ0v) is 16.4. The quantitative estimate of drug-likeness (QED) is 0.467. The molecular formula is C23H16ClF2N3O. The summed E-state index contributed by atoms with van der Waals surface area (Å²) in [6.45, 7) is 0.0863. The van der Waals surface area contributed by atoms with E-state index in [1.165, 1.54) is 30.3 Å². The molecule has 0 saturated heterocycles. The number of aromatic nitrogens is 2. The van der Waals surface area contributed by atoms with E-state index in [-0.39, 0.29) is 22.9 Å². The van der Waals surface area contributed by atoms with E-state index >= 15 is 0 Å². The fourth-order valence-electron chi connectivity index (χ4n) is 3.08. The monoisotopic (exact) mass is 423 g/mol. The number of hydrogen-bond donors (Lipinski definition) is 1. The van der Waals surface area contributed by atoms with E-state index in [9.17, 15) is 13.6 Å². The average molecular weight is 424 g/mol. The van der Waals surface area contributed by atoms with E-state index in [1.807, 2.05) is 30.3 Å². The van der Waals surface area contributed by atoms with Gasteiger partial charge in [-0.2, -0.15) is 5.10 Å². The summed E-state index contributed by atoms with van der Waals surface area (Å²) in [7, 11) is 0. The topological polar surface area (TPSA) is 46.9 Å². The fourth-order valence-corrected chi connectivity index (χ4v) is 3.33. The number of hydrogen-bond acceptors (Lipinski definition) is 2. The van der Waals surface area contributed by atoms with Gasteiger partial charge in [-0.15, -0.1) is 0 Å². The molecule has 0 aliphatic heterocycles. The maximum Gasteiger partial charge on any atom is 0.256 e. The van der Waals surface area contributed by atoms with Crippen molar-refractivity contribution in [1.29, 1.82) is 0 Å². The highest BCUT2D eigenvalue weighted by atomic mass is 35.5. The van der Waals surface area contributed by atoms with Gasteiger partial charge in [0.05, 0.1) is 22.0 Å². The third-order valence-corrected chi connectivity index (χ3v) is 4.87. The lowest BCUT2D eigenvalue weighted by molar-refractivity contribution is 0.0947. The van der Waals surface area contributed by atoms with E-state index < -0.39 is 11.7 Å². The van der Waals surface area contributed by atoms with Gasteiger partial charge < -0.3 is 5.32 Å². The second kappa shape index (κ2) is 8.47. The zero-order valence-electron chi connectivity index (χ0n) is 15.6. The Morgan fingerprint density at radius 1 is 0.967 bits per heavy atom. The summed E-state index contributed by atoms with van der Waals surface area (Å²) in [5, 5.41) is 7.33. The van der Waals surface area contributed by atoms with Crippen LogP contribution in [-0.4, -0.2) is 15.7 Å². The summed E-state index contributed by atoms with van der Waals surface area (Å²) in [5.41, 5.74) is 2.58. The number of amides is 1. The second-order valence-electron chi connectivity index (χ2n) is 6.57. The second-order valence-corrected chi connectivity index (χ2v) is 6.98. The molecule has 0 spiro atoms. The molecule has 4 rings (SSSR count). The van der Waals surface area contributed by atoms with Crippen molar-refractivity contribution in [3.8, 4) is 16.9 Å². The Bertz CT molecular complexity index is 1170. The summed E-state index contributed by atoms with van der Waals surface area (Å²) in [5.74, 6) is -1.68. The molecule has 4 aromatic rings. The summed E-state index contributed by atoms with van der Waals surface area (Å²) >= 11 is 5.98. The molecule has 0 atom stereocenters. The molecule has 1 amide bonds. The Morgan fingerprint density at radius 2 is 1.70 bits per heavy atom. The Kier molecular flexibility index (Phi) is 5.59. The van der Waals surface area contributed by atoms with Crippen LogP contribution in [0.4, 0.5) is 8.78 Å². The minimum atomic E-state index is -0.696. The largest absolute Gasteiger partial charge is 0.348 e. The molecule has 30 heavy (non-hydrogen) atoms. The predicted octanol–water partition coefficient (Wildman–Crippen LogP) is 5.40. The summed E-state index contributed by atoms with van der Waals surface area (Å²) in [4.78, 5) is 12.5. The number of nitrogens with one attached hydrogen (secondary N) is 1. The highest BCUT2D eigenvalue weighted by Crippen LogP contribution is 2.25. The van der Waals surface area contributed by atoms with Gasteiger partial charge in [-0.25, -0.2) is 13.5 Å². The van der Waals surface area contributed by atoms with E-state index in [0.717, 1.165) is 5.69 Å². The van der Waals surface area contributed by atoms with Crippen molar-refractivity contribution in [2.75, 3.05) is 0 Å². The zero-order chi connectivity index (χ0) is 21.1. The third-order valence-electron chi connectivity index (χ3n) is 4.56. The van der Waals surface area contributed by atoms with Crippen LogP contribution in [0.1, 0.15) is 15.9 Å². The lowest BCUT2D eigenvalue weighted by Gasteiger charge is -2.08. The number of rotatable bonds is 5. The molecule has 3 aromatic carbocycles. The van der Waals surface area contributed by atoms with E-state index in [0.29, 0.717) is 16.8 Å². The van der Waals surface area contributed by atoms with Gasteiger partial charge in [0.1, 0.15) is 11.6 Å². The van der Waals surface area contributed by atoms with Crippen LogP contribution in [0.25, 0.3) is 16.9 Å². The first kappa shape index (κ1) is 19.8. The third kappa shape index (κ3) is 4.09. The molecule has 0 bridgehead atoms. The van der Waals surface area contributed by atoms with Crippen LogP contribution in [0.15, 0.2) is 79.0 Å². The Morgan fingerprint density at radius 3 is 2.40 bits per heavy atom. The molecular weight excluding hydrogens is 408 g/mol. The number of halogens is 3. The molecule has 150 valence electrons. The molecule has 0 aliphatic rings. The van der Waals surface area contributed by atoms with Crippen LogP contribution in [0.2, 0.25) is 5.02 Å². The van der Waals surface area contributed by atoms with Gasteiger partial charge in [-0.1, -0.05) is 35.9 Å². The van der Waals surface area contributed by atoms with E-state index in [4.69, 9.17) is 11.6 Å². The average Bonchev–Trinajstić information content (AvgIpc) is 3.17. The Balaban J connectivity index is 1.67. The molecule has 0 radical (unpaired) electrons. The summed E-state index contributed by atoms with van der Waals surface area (Å²) < 4.78 is 29.1. The maximum atomic E-state index is 14.0. The maximum absolute atomic E-state index is 14.0. The summed E-state index contributed by atoms with van der Waals surface area (Å²) in [6, 6.07) is 19.4. The molecule has 0 fully saturated rings. The number of carbonyl (C=O) groups excluding carboxylic acids is 1. The molecule has 0 aliphatic carbocycles. The normalized spacial score (nSPS) is 10.8. The minimum Gasteiger partial charge on any atom is -0.348 e. The lowest BCUT2D eigenvalue weighted by atomic mass is 10.1. The first-order valence-corrected chi connectivity index (χ1v) is 9.53. The van der Waals surface area contributed by atoms with Gasteiger partial charge in [0.2, 0.25) is 0 Å². The Hall–Kier alpha value is -3.51. The van der Waals surface area contributed by atoms with Crippen LogP contribution in [0.5, 0.6) is 0 Å². The highest BCUT2D eigenvalue weighted by molar-refractivity contribution is 6.33. The molecule has 1 N–H and O–H groups in total. The fraction of sp³-hybridized carbons (Fsp3) is 0.0435. The molecule has 1 aromatic heterocycles. The number of nitrogens with zero attached hydrogens (tertiary/aromatic N) is 2. The van der Waals surface area contributed by atoms with E-state index in [2.05, 4.69) is 10.4 Å². The molecule has 0 saturated carbocycles. The van der Waals surface area contributed by atoms with Crippen LogP contribution in [0, 0.1) is 11.6 Å². The van der Waals surface area contributed by atoms with Crippen LogP contribution < -0.4 is 5.32 Å². The van der Waals surface area contributed by atoms with Gasteiger partial charge in [-0.3, -0.25) is 4.79 Å². The smallest absolute Gasteiger partial charge is 0.256 e. The standard InChI is InChI=1S/C23H16ClF2N3O/c24-19-7-4-8-20(26)21(19)23(30)27-13-16-14-29(18-5-2-1-3-6-18)28-22(16)15-9-11-17(25)12-10-15/h1-12,14H,13H2,(H,27,30). The van der Waals surface area contributed by atoms with Crippen molar-refractivity contribution >= 4 is 17.5 Å². The number of carbonyl (C=O) groups is 1. The van der Waals surface area contributed by atoms with E-state index in [1.54, 1.807) is 23.0 Å². The van der Waals surface area contributed by atoms with Crippen LogP contribution in [0.3, 0.4) is 0 Å². The van der Waals surface area contributed by atoms with Crippen molar-refractivity contribution < 1.29 is 13.6 Å². The van der Waals surface area contributed by atoms with Crippen LogP contribution >= 0.6 is 11.6 Å². The molecule has 4 nitrogen and oxygen atoms in total. The van der Waals surface area contributed by atoms with Gasteiger partial charge in [0, 0.05) is 23.9 Å². The van der Waals surface area contributed by atoms with Crippen molar-refractivity contribution in [3.63, 3.8) is 0 Å². The summed E-state index contributed by atoms with van der Waals surface area (Å²) in [6.07, 6.45) is 1.78. The van der Waals surface area contributed by atoms with Gasteiger partial charge in [0.25, 0.3) is 5.91 Å². The van der Waals surface area contributed by atoms with Crippen molar-refractivity contribution in [2.45, 2.75) is 6.54 Å². The first-order valence-electron chi connectivity index (χ1n) is 9.15. The highest BCUT2D eigenvalue weighted by Gasteiger charge is 2.18. The number of benzene rings is 3. The van der Waals surface area contributed by atoms with Crippen LogP contribution in [-0.2, 0) is 6.54 Å². The molecule has 7 heteroatoms. The van der Waals surface area contributed by atoms with Gasteiger partial charge in [0.15, 0.2) is 0 Å². The SMILES string of the molecule is O=C(NCc1cn(-c2ccccc2)nc1-c1ccc(F)cc1)c1c(F)cccc1Cl. The van der Waals surface area contributed by atoms with Crippen molar-refractivity contribution in [2.24, 2.45) is 0 Å². The molecule has 0 unspecified atom stereocenters. The lowest BCUT2D eigenvalue weighted by Crippen LogP contribution is -2.24. The first-order chi connectivity index (χ1) is 14.5. The Labute approximate surface area is 176 Å². The number of para-hydroxylation sites is 1. The minimum absolute atomic E-state index is 0.0336.